The first-order chi connectivity index (χ1) is 7.12. The second-order valence-electron chi connectivity index (χ2n) is 5.03. The highest BCUT2D eigenvalue weighted by Gasteiger charge is 2.33. The molecule has 1 fully saturated rings. The molecule has 0 aliphatic heterocycles. The first kappa shape index (κ1) is 12.5. The summed E-state index contributed by atoms with van der Waals surface area (Å²) in [6.07, 6.45) is 4.41. The molecule has 1 saturated carbocycles. The van der Waals surface area contributed by atoms with Crippen LogP contribution in [0.25, 0.3) is 0 Å². The van der Waals surface area contributed by atoms with Crippen LogP contribution in [-0.4, -0.2) is 23.8 Å². The lowest BCUT2D eigenvalue weighted by Gasteiger charge is -2.39. The van der Waals surface area contributed by atoms with Gasteiger partial charge in [0.1, 0.15) is 0 Å². The topological polar surface area (TPSA) is 56.0 Å². The van der Waals surface area contributed by atoms with Crippen molar-refractivity contribution < 1.29 is 5.11 Å². The van der Waals surface area contributed by atoms with E-state index >= 15 is 0 Å². The molecular weight excluding hydrogens is 188 g/mol. The summed E-state index contributed by atoms with van der Waals surface area (Å²) in [7, 11) is 0. The maximum atomic E-state index is 9.47. The van der Waals surface area contributed by atoms with Crippen molar-refractivity contribution in [2.45, 2.75) is 45.1 Å². The van der Waals surface area contributed by atoms with E-state index in [2.05, 4.69) is 18.3 Å². The Morgan fingerprint density at radius 1 is 1.53 bits per heavy atom. The standard InChI is InChI=1S/C12H22N2O/c1-10-3-5-12(9-15,6-4-10)14-8-11(2)7-13/h10-11,14-15H,3-6,8-9H2,1-2H3. The number of hydrogen-bond acceptors (Lipinski definition) is 3. The number of hydrogen-bond donors (Lipinski definition) is 2. The fourth-order valence-corrected chi connectivity index (χ4v) is 2.12. The molecule has 1 unspecified atom stereocenters. The van der Waals surface area contributed by atoms with Gasteiger partial charge in [-0.2, -0.15) is 5.26 Å². The van der Waals surface area contributed by atoms with Crippen LogP contribution in [0.5, 0.6) is 0 Å². The second kappa shape index (κ2) is 5.48. The van der Waals surface area contributed by atoms with Crippen molar-refractivity contribution in [3.63, 3.8) is 0 Å². The van der Waals surface area contributed by atoms with Gasteiger partial charge in [-0.05, 0) is 38.5 Å². The zero-order valence-electron chi connectivity index (χ0n) is 9.79. The van der Waals surface area contributed by atoms with Crippen LogP contribution in [-0.2, 0) is 0 Å². The highest BCUT2D eigenvalue weighted by Crippen LogP contribution is 2.31. The minimum atomic E-state index is -0.113. The van der Waals surface area contributed by atoms with Gasteiger partial charge >= 0.3 is 0 Å². The zero-order chi connectivity index (χ0) is 11.3. The number of rotatable bonds is 4. The predicted molar refractivity (Wildman–Crippen MR) is 60.2 cm³/mol. The van der Waals surface area contributed by atoms with Crippen molar-refractivity contribution in [2.24, 2.45) is 11.8 Å². The molecule has 0 radical (unpaired) electrons. The van der Waals surface area contributed by atoms with Gasteiger partial charge in [0, 0.05) is 12.1 Å². The Balaban J connectivity index is 2.44. The van der Waals surface area contributed by atoms with E-state index in [1.165, 1.54) is 12.8 Å². The molecule has 0 aromatic heterocycles. The highest BCUT2D eigenvalue weighted by molar-refractivity contribution is 4.93. The Hall–Kier alpha value is -0.590. The number of aliphatic hydroxyl groups excluding tert-OH is 1. The molecule has 3 nitrogen and oxygen atoms in total. The van der Waals surface area contributed by atoms with E-state index in [-0.39, 0.29) is 18.1 Å². The first-order valence-electron chi connectivity index (χ1n) is 5.87. The summed E-state index contributed by atoms with van der Waals surface area (Å²) >= 11 is 0. The average molecular weight is 210 g/mol. The molecule has 0 saturated heterocycles. The summed E-state index contributed by atoms with van der Waals surface area (Å²) in [4.78, 5) is 0. The molecule has 0 bridgehead atoms. The van der Waals surface area contributed by atoms with Crippen LogP contribution in [0.4, 0.5) is 0 Å². The van der Waals surface area contributed by atoms with Gasteiger partial charge in [-0.15, -0.1) is 0 Å². The molecule has 1 aliphatic rings. The third-order valence-electron chi connectivity index (χ3n) is 3.54. The lowest BCUT2D eigenvalue weighted by Crippen LogP contribution is -2.51. The predicted octanol–water partition coefficient (Wildman–Crippen LogP) is 1.68. The lowest BCUT2D eigenvalue weighted by molar-refractivity contribution is 0.104. The van der Waals surface area contributed by atoms with Crippen LogP contribution in [0.1, 0.15) is 39.5 Å². The van der Waals surface area contributed by atoms with Crippen LogP contribution >= 0.6 is 0 Å². The molecule has 0 spiro atoms. The SMILES string of the molecule is CC(C#N)CNC1(CO)CCC(C)CC1. The van der Waals surface area contributed by atoms with Crippen LogP contribution in [0.2, 0.25) is 0 Å². The van der Waals surface area contributed by atoms with Crippen LogP contribution in [0.15, 0.2) is 0 Å². The molecule has 0 aromatic rings. The minimum Gasteiger partial charge on any atom is -0.394 e. The zero-order valence-corrected chi connectivity index (χ0v) is 9.79. The summed E-state index contributed by atoms with van der Waals surface area (Å²) in [5, 5.41) is 21.6. The molecule has 1 atom stereocenters. The summed E-state index contributed by atoms with van der Waals surface area (Å²) in [6, 6.07) is 2.21. The smallest absolute Gasteiger partial charge is 0.0666 e. The van der Waals surface area contributed by atoms with Gasteiger partial charge in [-0.25, -0.2) is 0 Å². The molecule has 2 N–H and O–H groups in total. The third kappa shape index (κ3) is 3.48. The van der Waals surface area contributed by atoms with Crippen molar-refractivity contribution in [1.82, 2.24) is 5.32 Å². The summed E-state index contributed by atoms with van der Waals surface area (Å²) in [5.74, 6) is 0.799. The van der Waals surface area contributed by atoms with Gasteiger partial charge in [-0.1, -0.05) is 6.92 Å². The maximum absolute atomic E-state index is 9.47. The van der Waals surface area contributed by atoms with E-state index in [4.69, 9.17) is 5.26 Å². The second-order valence-corrected chi connectivity index (χ2v) is 5.03. The van der Waals surface area contributed by atoms with Crippen molar-refractivity contribution in [2.75, 3.05) is 13.2 Å². The number of nitrogens with zero attached hydrogens (tertiary/aromatic N) is 1. The molecule has 86 valence electrons. The molecule has 3 heteroatoms. The number of aliphatic hydroxyl groups is 1. The van der Waals surface area contributed by atoms with Gasteiger partial charge in [0.25, 0.3) is 0 Å². The summed E-state index contributed by atoms with van der Waals surface area (Å²) in [6.45, 7) is 5.05. The number of nitriles is 1. The maximum Gasteiger partial charge on any atom is 0.0666 e. The largest absolute Gasteiger partial charge is 0.394 e. The third-order valence-corrected chi connectivity index (χ3v) is 3.54. The van der Waals surface area contributed by atoms with Gasteiger partial charge in [0.15, 0.2) is 0 Å². The Kier molecular flexibility index (Phi) is 4.56. The van der Waals surface area contributed by atoms with E-state index in [9.17, 15) is 5.11 Å². The monoisotopic (exact) mass is 210 g/mol. The summed E-state index contributed by atoms with van der Waals surface area (Å²) < 4.78 is 0. The molecule has 0 amide bonds. The number of nitrogens with one attached hydrogen (secondary N) is 1. The molecule has 0 heterocycles. The average Bonchev–Trinajstić information content (AvgIpc) is 2.28. The summed E-state index contributed by atoms with van der Waals surface area (Å²) in [5.41, 5.74) is -0.113. The van der Waals surface area contributed by atoms with E-state index in [0.29, 0.717) is 6.54 Å². The van der Waals surface area contributed by atoms with Gasteiger partial charge < -0.3 is 10.4 Å². The molecule has 1 rings (SSSR count). The molecule has 15 heavy (non-hydrogen) atoms. The van der Waals surface area contributed by atoms with Gasteiger partial charge in [-0.3, -0.25) is 0 Å². The fourth-order valence-electron chi connectivity index (χ4n) is 2.12. The molecule has 1 aliphatic carbocycles. The Morgan fingerprint density at radius 3 is 2.60 bits per heavy atom. The van der Waals surface area contributed by atoms with E-state index in [0.717, 1.165) is 18.8 Å². The van der Waals surface area contributed by atoms with Gasteiger partial charge in [0.05, 0.1) is 18.6 Å². The lowest BCUT2D eigenvalue weighted by atomic mass is 9.77. The van der Waals surface area contributed by atoms with E-state index in [1.807, 2.05) is 6.92 Å². The van der Waals surface area contributed by atoms with Crippen molar-refractivity contribution in [3.8, 4) is 6.07 Å². The van der Waals surface area contributed by atoms with Gasteiger partial charge in [0.2, 0.25) is 0 Å². The van der Waals surface area contributed by atoms with Crippen molar-refractivity contribution >= 4 is 0 Å². The molecular formula is C12H22N2O. The minimum absolute atomic E-state index is 0.0211. The fraction of sp³-hybridized carbons (Fsp3) is 0.917. The van der Waals surface area contributed by atoms with Crippen molar-refractivity contribution in [3.05, 3.63) is 0 Å². The Labute approximate surface area is 92.5 Å². The Morgan fingerprint density at radius 2 is 2.13 bits per heavy atom. The van der Waals surface area contributed by atoms with E-state index in [1.54, 1.807) is 0 Å². The van der Waals surface area contributed by atoms with Crippen LogP contribution in [0.3, 0.4) is 0 Å². The Bertz CT molecular complexity index is 226. The normalized spacial score (nSPS) is 33.3. The van der Waals surface area contributed by atoms with Crippen LogP contribution < -0.4 is 5.32 Å². The molecule has 0 aromatic carbocycles. The van der Waals surface area contributed by atoms with Crippen molar-refractivity contribution in [1.29, 1.82) is 5.26 Å². The quantitative estimate of drug-likeness (QED) is 0.742. The van der Waals surface area contributed by atoms with E-state index < -0.39 is 0 Å². The first-order valence-corrected chi connectivity index (χ1v) is 5.87. The van der Waals surface area contributed by atoms with Crippen LogP contribution in [0, 0.1) is 23.2 Å². The highest BCUT2D eigenvalue weighted by atomic mass is 16.3.